The van der Waals surface area contributed by atoms with Crippen LogP contribution < -0.4 is 0 Å². The van der Waals surface area contributed by atoms with Gasteiger partial charge in [0, 0.05) is 11.6 Å². The standard InChI is InChI=1S/C17H22ClNO2/c18-14-6-3-5-13(11-14)17(8-4-9-17)16(21)19-10-2-1-7-15(19)12-20/h3,5-6,11,15,20H,1-2,4,7-10,12H2. The van der Waals surface area contributed by atoms with Gasteiger partial charge in [-0.05, 0) is 49.8 Å². The lowest BCUT2D eigenvalue weighted by Crippen LogP contribution is -2.56. The SMILES string of the molecule is O=C(N1CCCCC1CO)C1(c2cccc(Cl)c2)CCC1. The van der Waals surface area contributed by atoms with Gasteiger partial charge in [0.25, 0.3) is 0 Å². The zero-order valence-electron chi connectivity index (χ0n) is 12.2. The predicted molar refractivity (Wildman–Crippen MR) is 83.4 cm³/mol. The van der Waals surface area contributed by atoms with E-state index in [2.05, 4.69) is 0 Å². The molecule has 3 nitrogen and oxygen atoms in total. The number of likely N-dealkylation sites (tertiary alicyclic amines) is 1. The minimum absolute atomic E-state index is 0.0112. The van der Waals surface area contributed by atoms with Crippen molar-refractivity contribution in [2.45, 2.75) is 50.0 Å². The lowest BCUT2D eigenvalue weighted by molar-refractivity contribution is -0.145. The van der Waals surface area contributed by atoms with Crippen molar-refractivity contribution >= 4 is 17.5 Å². The van der Waals surface area contributed by atoms with E-state index in [1.54, 1.807) is 0 Å². The summed E-state index contributed by atoms with van der Waals surface area (Å²) in [4.78, 5) is 15.1. The number of amides is 1. The highest BCUT2D eigenvalue weighted by Crippen LogP contribution is 2.46. The summed E-state index contributed by atoms with van der Waals surface area (Å²) in [5.74, 6) is 0.190. The van der Waals surface area contributed by atoms with Gasteiger partial charge in [0.2, 0.25) is 5.91 Å². The smallest absolute Gasteiger partial charge is 0.233 e. The number of aliphatic hydroxyl groups excluding tert-OH is 1. The molecule has 1 atom stereocenters. The van der Waals surface area contributed by atoms with Crippen LogP contribution in [0, 0.1) is 0 Å². The van der Waals surface area contributed by atoms with E-state index in [1.807, 2.05) is 29.2 Å². The van der Waals surface area contributed by atoms with Crippen LogP contribution in [0.2, 0.25) is 5.02 Å². The molecule has 1 aromatic carbocycles. The predicted octanol–water partition coefficient (Wildman–Crippen LogP) is 3.14. The van der Waals surface area contributed by atoms with Crippen LogP contribution in [-0.2, 0) is 10.2 Å². The van der Waals surface area contributed by atoms with Crippen LogP contribution in [0.4, 0.5) is 0 Å². The van der Waals surface area contributed by atoms with E-state index >= 15 is 0 Å². The Morgan fingerprint density at radius 1 is 1.33 bits per heavy atom. The minimum atomic E-state index is -0.407. The molecule has 0 bridgehead atoms. The van der Waals surface area contributed by atoms with Crippen molar-refractivity contribution in [1.82, 2.24) is 4.90 Å². The number of aliphatic hydroxyl groups is 1. The van der Waals surface area contributed by atoms with Crippen LogP contribution in [0.25, 0.3) is 0 Å². The summed E-state index contributed by atoms with van der Waals surface area (Å²) in [7, 11) is 0. The van der Waals surface area contributed by atoms with E-state index < -0.39 is 5.41 Å². The molecule has 21 heavy (non-hydrogen) atoms. The molecule has 1 heterocycles. The second-order valence-corrected chi connectivity index (χ2v) is 6.71. The zero-order valence-corrected chi connectivity index (χ0v) is 13.0. The molecule has 1 aliphatic heterocycles. The number of hydrogen-bond donors (Lipinski definition) is 1. The number of nitrogens with zero attached hydrogens (tertiary/aromatic N) is 1. The van der Waals surface area contributed by atoms with Gasteiger partial charge in [-0.1, -0.05) is 30.2 Å². The molecule has 4 heteroatoms. The van der Waals surface area contributed by atoms with Crippen molar-refractivity contribution in [1.29, 1.82) is 0 Å². The average Bonchev–Trinajstić information content (AvgIpc) is 2.46. The highest BCUT2D eigenvalue weighted by atomic mass is 35.5. The quantitative estimate of drug-likeness (QED) is 0.932. The number of carbonyl (C=O) groups is 1. The molecule has 1 aromatic rings. The first-order chi connectivity index (χ1) is 10.2. The van der Waals surface area contributed by atoms with Gasteiger partial charge in [-0.2, -0.15) is 0 Å². The normalized spacial score (nSPS) is 24.5. The molecule has 1 amide bonds. The number of benzene rings is 1. The zero-order chi connectivity index (χ0) is 14.9. The summed E-state index contributed by atoms with van der Waals surface area (Å²) in [6, 6.07) is 7.70. The molecular formula is C17H22ClNO2. The van der Waals surface area contributed by atoms with E-state index in [-0.39, 0.29) is 18.6 Å². The molecule has 1 aliphatic carbocycles. The number of rotatable bonds is 3. The number of hydrogen-bond acceptors (Lipinski definition) is 2. The Kier molecular flexibility index (Phi) is 4.23. The number of piperidine rings is 1. The number of carbonyl (C=O) groups excluding carboxylic acids is 1. The summed E-state index contributed by atoms with van der Waals surface area (Å²) >= 11 is 6.11. The van der Waals surface area contributed by atoms with E-state index in [0.717, 1.165) is 50.6 Å². The van der Waals surface area contributed by atoms with E-state index in [1.165, 1.54) is 0 Å². The lowest BCUT2D eigenvalue weighted by Gasteiger charge is -2.47. The summed E-state index contributed by atoms with van der Waals surface area (Å²) in [5.41, 5.74) is 0.629. The highest BCUT2D eigenvalue weighted by Gasteiger charge is 2.49. The van der Waals surface area contributed by atoms with Gasteiger partial charge in [0.05, 0.1) is 18.1 Å². The Bertz CT molecular complexity index is 527. The Morgan fingerprint density at radius 2 is 2.14 bits per heavy atom. The van der Waals surface area contributed by atoms with E-state index in [9.17, 15) is 9.90 Å². The van der Waals surface area contributed by atoms with Crippen LogP contribution in [-0.4, -0.2) is 35.1 Å². The molecule has 1 saturated heterocycles. The first kappa shape index (κ1) is 14.9. The van der Waals surface area contributed by atoms with Gasteiger partial charge in [0.15, 0.2) is 0 Å². The molecule has 3 rings (SSSR count). The third kappa shape index (κ3) is 2.58. The van der Waals surface area contributed by atoms with Crippen LogP contribution in [0.3, 0.4) is 0 Å². The van der Waals surface area contributed by atoms with Crippen molar-refractivity contribution in [2.24, 2.45) is 0 Å². The topological polar surface area (TPSA) is 40.5 Å². The molecule has 114 valence electrons. The fourth-order valence-electron chi connectivity index (χ4n) is 3.68. The van der Waals surface area contributed by atoms with Gasteiger partial charge in [-0.3, -0.25) is 4.79 Å². The number of halogens is 1. The summed E-state index contributed by atoms with van der Waals surface area (Å²) in [6.45, 7) is 0.837. The average molecular weight is 308 g/mol. The van der Waals surface area contributed by atoms with Crippen LogP contribution in [0.15, 0.2) is 24.3 Å². The van der Waals surface area contributed by atoms with Crippen molar-refractivity contribution < 1.29 is 9.90 Å². The fourth-order valence-corrected chi connectivity index (χ4v) is 3.87. The Balaban J connectivity index is 1.90. The third-order valence-corrected chi connectivity index (χ3v) is 5.33. The molecule has 1 unspecified atom stereocenters. The maximum Gasteiger partial charge on any atom is 0.233 e. The molecule has 1 N–H and O–H groups in total. The van der Waals surface area contributed by atoms with Crippen molar-refractivity contribution in [3.63, 3.8) is 0 Å². The Morgan fingerprint density at radius 3 is 2.76 bits per heavy atom. The molecule has 2 fully saturated rings. The molecular weight excluding hydrogens is 286 g/mol. The van der Waals surface area contributed by atoms with Gasteiger partial charge in [0.1, 0.15) is 0 Å². The highest BCUT2D eigenvalue weighted by molar-refractivity contribution is 6.30. The molecule has 0 radical (unpaired) electrons. The van der Waals surface area contributed by atoms with Gasteiger partial charge >= 0.3 is 0 Å². The van der Waals surface area contributed by atoms with Gasteiger partial charge in [-0.25, -0.2) is 0 Å². The largest absolute Gasteiger partial charge is 0.394 e. The van der Waals surface area contributed by atoms with Gasteiger partial charge < -0.3 is 10.0 Å². The molecule has 0 spiro atoms. The molecule has 2 aliphatic rings. The minimum Gasteiger partial charge on any atom is -0.394 e. The second-order valence-electron chi connectivity index (χ2n) is 6.28. The van der Waals surface area contributed by atoms with Gasteiger partial charge in [-0.15, -0.1) is 0 Å². The van der Waals surface area contributed by atoms with Crippen molar-refractivity contribution in [3.05, 3.63) is 34.9 Å². The Labute approximate surface area is 130 Å². The van der Waals surface area contributed by atoms with E-state index in [0.29, 0.717) is 5.02 Å². The summed E-state index contributed by atoms with van der Waals surface area (Å²) < 4.78 is 0. The first-order valence-corrected chi connectivity index (χ1v) is 8.23. The second kappa shape index (κ2) is 5.98. The Hall–Kier alpha value is -1.06. The van der Waals surface area contributed by atoms with Crippen LogP contribution in [0.1, 0.15) is 44.1 Å². The van der Waals surface area contributed by atoms with Crippen LogP contribution in [0.5, 0.6) is 0 Å². The maximum absolute atomic E-state index is 13.2. The fraction of sp³-hybridized carbons (Fsp3) is 0.588. The molecule has 0 aromatic heterocycles. The molecule has 1 saturated carbocycles. The summed E-state index contributed by atoms with van der Waals surface area (Å²) in [6.07, 6.45) is 5.90. The van der Waals surface area contributed by atoms with Crippen molar-refractivity contribution in [2.75, 3.05) is 13.2 Å². The monoisotopic (exact) mass is 307 g/mol. The van der Waals surface area contributed by atoms with E-state index in [4.69, 9.17) is 11.6 Å². The lowest BCUT2D eigenvalue weighted by atomic mass is 9.63. The maximum atomic E-state index is 13.2. The van der Waals surface area contributed by atoms with Crippen LogP contribution >= 0.6 is 11.6 Å². The summed E-state index contributed by atoms with van der Waals surface area (Å²) in [5, 5.41) is 10.3. The first-order valence-electron chi connectivity index (χ1n) is 7.85. The van der Waals surface area contributed by atoms with Crippen molar-refractivity contribution in [3.8, 4) is 0 Å². The third-order valence-electron chi connectivity index (χ3n) is 5.09.